The van der Waals surface area contributed by atoms with Crippen LogP contribution in [0.4, 0.5) is 4.39 Å². The molecule has 20 heavy (non-hydrogen) atoms. The SMILES string of the molecule is CC1CCN(S(=O)(=O)c2ccc(Cl)c(F)c2Cl)CC1O. The molecule has 1 N–H and O–H groups in total. The van der Waals surface area contributed by atoms with Crippen molar-refractivity contribution in [2.75, 3.05) is 13.1 Å². The van der Waals surface area contributed by atoms with Gasteiger partial charge in [0.05, 0.1) is 16.1 Å². The van der Waals surface area contributed by atoms with E-state index in [9.17, 15) is 17.9 Å². The third-order valence-corrected chi connectivity index (χ3v) is 6.18. The van der Waals surface area contributed by atoms with Crippen molar-refractivity contribution >= 4 is 33.2 Å². The quantitative estimate of drug-likeness (QED) is 0.841. The zero-order valence-corrected chi connectivity index (χ0v) is 13.0. The summed E-state index contributed by atoms with van der Waals surface area (Å²) in [5.41, 5.74) is 0. The molecule has 1 fully saturated rings. The van der Waals surface area contributed by atoms with Crippen molar-refractivity contribution in [1.29, 1.82) is 0 Å². The Morgan fingerprint density at radius 3 is 2.65 bits per heavy atom. The molecule has 0 saturated carbocycles. The largest absolute Gasteiger partial charge is 0.391 e. The van der Waals surface area contributed by atoms with E-state index in [0.29, 0.717) is 6.42 Å². The van der Waals surface area contributed by atoms with Crippen LogP contribution < -0.4 is 0 Å². The average Bonchev–Trinajstić information content (AvgIpc) is 2.38. The van der Waals surface area contributed by atoms with E-state index >= 15 is 0 Å². The van der Waals surface area contributed by atoms with Crippen molar-refractivity contribution in [2.24, 2.45) is 5.92 Å². The van der Waals surface area contributed by atoms with Gasteiger partial charge in [0, 0.05) is 13.1 Å². The van der Waals surface area contributed by atoms with Crippen LogP contribution in [-0.4, -0.2) is 37.0 Å². The summed E-state index contributed by atoms with van der Waals surface area (Å²) in [6, 6.07) is 2.33. The zero-order valence-electron chi connectivity index (χ0n) is 10.7. The molecular weight excluding hydrogens is 328 g/mol. The van der Waals surface area contributed by atoms with Crippen LogP contribution in [-0.2, 0) is 10.0 Å². The first-order valence-corrected chi connectivity index (χ1v) is 8.26. The topological polar surface area (TPSA) is 57.6 Å². The van der Waals surface area contributed by atoms with E-state index in [1.807, 2.05) is 6.92 Å². The Labute approximate surface area is 127 Å². The summed E-state index contributed by atoms with van der Waals surface area (Å²) in [5, 5.41) is 9.03. The first-order valence-electron chi connectivity index (χ1n) is 6.07. The maximum atomic E-state index is 13.6. The second-order valence-electron chi connectivity index (χ2n) is 4.87. The molecule has 0 amide bonds. The Balaban J connectivity index is 2.39. The maximum Gasteiger partial charge on any atom is 0.244 e. The van der Waals surface area contributed by atoms with Crippen molar-refractivity contribution in [2.45, 2.75) is 24.3 Å². The number of piperidine rings is 1. The second-order valence-corrected chi connectivity index (χ2v) is 7.56. The molecule has 112 valence electrons. The lowest BCUT2D eigenvalue weighted by Crippen LogP contribution is -2.45. The molecule has 1 aliphatic heterocycles. The molecule has 0 radical (unpaired) electrons. The van der Waals surface area contributed by atoms with Crippen LogP contribution in [0.2, 0.25) is 10.0 Å². The number of nitrogens with zero attached hydrogens (tertiary/aromatic N) is 1. The Morgan fingerprint density at radius 2 is 2.05 bits per heavy atom. The van der Waals surface area contributed by atoms with Gasteiger partial charge >= 0.3 is 0 Å². The number of benzene rings is 1. The highest BCUT2D eigenvalue weighted by atomic mass is 35.5. The molecule has 1 aromatic rings. The monoisotopic (exact) mass is 341 g/mol. The molecule has 8 heteroatoms. The molecule has 4 nitrogen and oxygen atoms in total. The summed E-state index contributed by atoms with van der Waals surface area (Å²) in [7, 11) is -3.95. The zero-order chi connectivity index (χ0) is 15.1. The molecule has 1 aliphatic rings. The van der Waals surface area contributed by atoms with Crippen LogP contribution in [0.1, 0.15) is 13.3 Å². The third-order valence-electron chi connectivity index (χ3n) is 3.50. The molecule has 2 rings (SSSR count). The number of halogens is 3. The van der Waals surface area contributed by atoms with Gasteiger partial charge < -0.3 is 5.11 Å². The molecule has 1 heterocycles. The molecule has 2 atom stereocenters. The molecule has 0 bridgehead atoms. The van der Waals surface area contributed by atoms with E-state index in [4.69, 9.17) is 23.2 Å². The highest BCUT2D eigenvalue weighted by Crippen LogP contribution is 2.32. The Bertz CT molecular complexity index is 623. The Hall–Kier alpha value is -0.400. The van der Waals surface area contributed by atoms with Gasteiger partial charge in [-0.05, 0) is 24.5 Å². The first-order chi connectivity index (χ1) is 9.25. The number of rotatable bonds is 2. The standard InChI is InChI=1S/C12H14Cl2FNO3S/c1-7-4-5-16(6-9(7)17)20(18,19)10-3-2-8(13)12(15)11(10)14/h2-3,7,9,17H,4-6H2,1H3. The molecule has 0 aromatic heterocycles. The van der Waals surface area contributed by atoms with E-state index in [0.717, 1.165) is 10.4 Å². The fourth-order valence-corrected chi connectivity index (χ4v) is 4.28. The number of aliphatic hydroxyl groups is 1. The van der Waals surface area contributed by atoms with Gasteiger partial charge in [-0.25, -0.2) is 12.8 Å². The summed E-state index contributed by atoms with van der Waals surface area (Å²) in [6.45, 7) is 2.09. The molecule has 1 saturated heterocycles. The second kappa shape index (κ2) is 5.77. The lowest BCUT2D eigenvalue weighted by Gasteiger charge is -2.33. The summed E-state index contributed by atoms with van der Waals surface area (Å²) in [6.07, 6.45) is -0.205. The Morgan fingerprint density at radius 1 is 1.40 bits per heavy atom. The van der Waals surface area contributed by atoms with Crippen molar-refractivity contribution in [3.05, 3.63) is 28.0 Å². The molecule has 2 unspecified atom stereocenters. The van der Waals surface area contributed by atoms with E-state index < -0.39 is 27.0 Å². The summed E-state index contributed by atoms with van der Waals surface area (Å²) in [4.78, 5) is -0.331. The fourth-order valence-electron chi connectivity index (χ4n) is 2.08. The summed E-state index contributed by atoms with van der Waals surface area (Å²) in [5.74, 6) is -0.931. The minimum absolute atomic E-state index is 0.0237. The van der Waals surface area contributed by atoms with Crippen LogP contribution in [0.5, 0.6) is 0 Å². The van der Waals surface area contributed by atoms with Crippen molar-refractivity contribution in [3.8, 4) is 0 Å². The number of aliphatic hydroxyl groups excluding tert-OH is 1. The van der Waals surface area contributed by atoms with Crippen molar-refractivity contribution in [3.63, 3.8) is 0 Å². The van der Waals surface area contributed by atoms with Crippen molar-refractivity contribution in [1.82, 2.24) is 4.31 Å². The van der Waals surface area contributed by atoms with Gasteiger partial charge in [-0.3, -0.25) is 0 Å². The van der Waals surface area contributed by atoms with E-state index in [2.05, 4.69) is 0 Å². The first kappa shape index (κ1) is 16.0. The van der Waals surface area contributed by atoms with Crippen LogP contribution >= 0.6 is 23.2 Å². The van der Waals surface area contributed by atoms with Gasteiger partial charge in [0.15, 0.2) is 5.82 Å². The predicted octanol–water partition coefficient (Wildman–Crippen LogP) is 2.52. The molecule has 0 spiro atoms. The number of sulfonamides is 1. The van der Waals surface area contributed by atoms with Crippen LogP contribution in [0, 0.1) is 11.7 Å². The van der Waals surface area contributed by atoms with Gasteiger partial charge in [-0.1, -0.05) is 30.1 Å². The smallest absolute Gasteiger partial charge is 0.244 e. The van der Waals surface area contributed by atoms with Crippen LogP contribution in [0.3, 0.4) is 0 Å². The van der Waals surface area contributed by atoms with E-state index in [1.165, 1.54) is 6.07 Å². The predicted molar refractivity (Wildman–Crippen MR) is 75.0 cm³/mol. The highest BCUT2D eigenvalue weighted by Gasteiger charge is 2.34. The van der Waals surface area contributed by atoms with E-state index in [1.54, 1.807) is 0 Å². The van der Waals surface area contributed by atoms with Gasteiger partial charge in [0.2, 0.25) is 10.0 Å². The van der Waals surface area contributed by atoms with Gasteiger partial charge in [-0.15, -0.1) is 0 Å². The van der Waals surface area contributed by atoms with Gasteiger partial charge in [0.25, 0.3) is 0 Å². The van der Waals surface area contributed by atoms with Gasteiger partial charge in [-0.2, -0.15) is 4.31 Å². The van der Waals surface area contributed by atoms with E-state index in [-0.39, 0.29) is 28.9 Å². The van der Waals surface area contributed by atoms with Gasteiger partial charge in [0.1, 0.15) is 4.90 Å². The van der Waals surface area contributed by atoms with Crippen molar-refractivity contribution < 1.29 is 17.9 Å². The molecule has 1 aromatic carbocycles. The lowest BCUT2D eigenvalue weighted by molar-refractivity contribution is 0.0605. The maximum absolute atomic E-state index is 13.6. The summed E-state index contributed by atoms with van der Waals surface area (Å²) >= 11 is 11.3. The number of hydrogen-bond acceptors (Lipinski definition) is 3. The minimum Gasteiger partial charge on any atom is -0.391 e. The van der Waals surface area contributed by atoms with Crippen LogP contribution in [0.25, 0.3) is 0 Å². The van der Waals surface area contributed by atoms with Crippen LogP contribution in [0.15, 0.2) is 17.0 Å². The fraction of sp³-hybridized carbons (Fsp3) is 0.500. The third kappa shape index (κ3) is 2.80. The molecular formula is C12H14Cl2FNO3S. The summed E-state index contributed by atoms with van der Waals surface area (Å²) < 4.78 is 39.6. The number of β-amino-alcohol motifs (C(OH)–C–C–N with tert-alkyl or cyclic N) is 1. The number of hydrogen-bond donors (Lipinski definition) is 1. The normalized spacial score (nSPS) is 24.9. The Kier molecular flexibility index (Phi) is 4.61. The average molecular weight is 342 g/mol. The molecule has 0 aliphatic carbocycles. The minimum atomic E-state index is -3.95. The highest BCUT2D eigenvalue weighted by molar-refractivity contribution is 7.89. The lowest BCUT2D eigenvalue weighted by atomic mass is 9.98.